The lowest BCUT2D eigenvalue weighted by Crippen LogP contribution is -2.37. The van der Waals surface area contributed by atoms with E-state index >= 15 is 0 Å². The van der Waals surface area contributed by atoms with Crippen LogP contribution in [0.4, 0.5) is 17.3 Å². The molecule has 1 aromatic rings. The number of nitro groups is 1. The number of nitrogens with one attached hydrogen (secondary N) is 1. The molecule has 104 valence electrons. The van der Waals surface area contributed by atoms with E-state index in [-0.39, 0.29) is 10.6 Å². The maximum atomic E-state index is 11.0. The zero-order valence-electron chi connectivity index (χ0n) is 11.4. The third-order valence-electron chi connectivity index (χ3n) is 3.55. The number of pyridine rings is 1. The molecule has 1 aromatic heterocycles. The predicted molar refractivity (Wildman–Crippen MR) is 75.7 cm³/mol. The quantitative estimate of drug-likeness (QED) is 0.632. The number of aromatic nitrogens is 1. The summed E-state index contributed by atoms with van der Waals surface area (Å²) >= 11 is 0. The van der Waals surface area contributed by atoms with Gasteiger partial charge in [0.2, 0.25) is 0 Å². The number of anilines is 2. The van der Waals surface area contributed by atoms with Gasteiger partial charge < -0.3 is 10.2 Å². The molecule has 0 spiro atoms. The largest absolute Gasteiger partial charge is 0.370 e. The van der Waals surface area contributed by atoms with E-state index in [0.29, 0.717) is 17.7 Å². The smallest absolute Gasteiger partial charge is 0.276 e. The van der Waals surface area contributed by atoms with Crippen LogP contribution in [0.5, 0.6) is 0 Å². The molecule has 1 saturated carbocycles. The highest BCUT2D eigenvalue weighted by Gasteiger charge is 2.24. The SMILES string of the molecule is CCCNc1cc([N+](=O)[O-])cc(N(C)C2CCC2)n1. The maximum Gasteiger partial charge on any atom is 0.276 e. The second-order valence-electron chi connectivity index (χ2n) is 4.95. The normalized spacial score (nSPS) is 14.8. The molecular weight excluding hydrogens is 244 g/mol. The van der Waals surface area contributed by atoms with Crippen molar-refractivity contribution >= 4 is 17.3 Å². The highest BCUT2D eigenvalue weighted by Crippen LogP contribution is 2.30. The number of nitrogens with zero attached hydrogens (tertiary/aromatic N) is 3. The molecule has 1 heterocycles. The molecule has 19 heavy (non-hydrogen) atoms. The first-order valence-corrected chi connectivity index (χ1v) is 6.75. The summed E-state index contributed by atoms with van der Waals surface area (Å²) in [6.07, 6.45) is 4.46. The lowest BCUT2D eigenvalue weighted by Gasteiger charge is -2.35. The second-order valence-corrected chi connectivity index (χ2v) is 4.95. The van der Waals surface area contributed by atoms with Crippen LogP contribution in [-0.4, -0.2) is 29.5 Å². The molecule has 0 radical (unpaired) electrons. The van der Waals surface area contributed by atoms with Gasteiger partial charge in [-0.3, -0.25) is 10.1 Å². The van der Waals surface area contributed by atoms with E-state index in [1.165, 1.54) is 12.5 Å². The fourth-order valence-corrected chi connectivity index (χ4v) is 2.09. The van der Waals surface area contributed by atoms with Crippen LogP contribution in [0.3, 0.4) is 0 Å². The highest BCUT2D eigenvalue weighted by atomic mass is 16.6. The van der Waals surface area contributed by atoms with Crippen molar-refractivity contribution in [3.63, 3.8) is 0 Å². The van der Waals surface area contributed by atoms with Crippen LogP contribution >= 0.6 is 0 Å². The molecule has 1 aliphatic carbocycles. The molecule has 0 saturated heterocycles. The predicted octanol–water partition coefficient (Wildman–Crippen LogP) is 2.80. The van der Waals surface area contributed by atoms with Gasteiger partial charge in [-0.2, -0.15) is 0 Å². The Hall–Kier alpha value is -1.85. The van der Waals surface area contributed by atoms with Gasteiger partial charge in [-0.15, -0.1) is 0 Å². The zero-order chi connectivity index (χ0) is 13.8. The second kappa shape index (κ2) is 5.86. The van der Waals surface area contributed by atoms with Gasteiger partial charge in [0.15, 0.2) is 0 Å². The third kappa shape index (κ3) is 3.13. The molecule has 0 bridgehead atoms. The molecule has 0 unspecified atom stereocenters. The van der Waals surface area contributed by atoms with Crippen molar-refractivity contribution < 1.29 is 4.92 Å². The van der Waals surface area contributed by atoms with Gasteiger partial charge in [-0.1, -0.05) is 6.92 Å². The van der Waals surface area contributed by atoms with Crippen molar-refractivity contribution in [2.45, 2.75) is 38.6 Å². The summed E-state index contributed by atoms with van der Waals surface area (Å²) in [5.74, 6) is 1.26. The molecular formula is C13H20N4O2. The van der Waals surface area contributed by atoms with Crippen LogP contribution in [-0.2, 0) is 0 Å². The number of rotatable bonds is 6. The van der Waals surface area contributed by atoms with Crippen LogP contribution in [0.15, 0.2) is 12.1 Å². The van der Waals surface area contributed by atoms with Crippen LogP contribution in [0.2, 0.25) is 0 Å². The molecule has 2 rings (SSSR count). The summed E-state index contributed by atoms with van der Waals surface area (Å²) in [6, 6.07) is 3.51. The van der Waals surface area contributed by atoms with Crippen molar-refractivity contribution in [1.82, 2.24) is 4.98 Å². The Morgan fingerprint density at radius 1 is 1.53 bits per heavy atom. The first-order chi connectivity index (χ1) is 9.11. The van der Waals surface area contributed by atoms with Crippen molar-refractivity contribution in [2.24, 2.45) is 0 Å². The first kappa shape index (κ1) is 13.6. The van der Waals surface area contributed by atoms with Crippen LogP contribution in [0.1, 0.15) is 32.6 Å². The average molecular weight is 264 g/mol. The minimum atomic E-state index is -0.364. The van der Waals surface area contributed by atoms with E-state index in [1.807, 2.05) is 18.9 Å². The Morgan fingerprint density at radius 3 is 2.79 bits per heavy atom. The molecule has 0 amide bonds. The fourth-order valence-electron chi connectivity index (χ4n) is 2.09. The van der Waals surface area contributed by atoms with E-state index in [1.54, 1.807) is 6.07 Å². The Morgan fingerprint density at radius 2 is 2.26 bits per heavy atom. The van der Waals surface area contributed by atoms with Gasteiger partial charge in [-0.25, -0.2) is 4.98 Å². The topological polar surface area (TPSA) is 71.3 Å². The summed E-state index contributed by atoms with van der Waals surface area (Å²) in [6.45, 7) is 2.81. The first-order valence-electron chi connectivity index (χ1n) is 6.75. The van der Waals surface area contributed by atoms with Crippen LogP contribution in [0.25, 0.3) is 0 Å². The average Bonchev–Trinajstić information content (AvgIpc) is 2.33. The van der Waals surface area contributed by atoms with Crippen molar-refractivity contribution in [2.75, 3.05) is 23.8 Å². The molecule has 6 nitrogen and oxygen atoms in total. The maximum absolute atomic E-state index is 11.0. The van der Waals surface area contributed by atoms with E-state index in [2.05, 4.69) is 10.3 Å². The lowest BCUT2D eigenvalue weighted by atomic mass is 9.92. The monoisotopic (exact) mass is 264 g/mol. The van der Waals surface area contributed by atoms with Crippen LogP contribution in [0, 0.1) is 10.1 Å². The summed E-state index contributed by atoms with van der Waals surface area (Å²) in [4.78, 5) is 17.1. The van der Waals surface area contributed by atoms with E-state index in [4.69, 9.17) is 0 Å². The number of hydrogen-bond acceptors (Lipinski definition) is 5. The number of hydrogen-bond donors (Lipinski definition) is 1. The highest BCUT2D eigenvalue weighted by molar-refractivity contribution is 5.56. The fraction of sp³-hybridized carbons (Fsp3) is 0.615. The standard InChI is InChI=1S/C13H20N4O2/c1-3-7-14-12-8-11(17(18)19)9-13(15-12)16(2)10-5-4-6-10/h8-10H,3-7H2,1-2H3,(H,14,15). The zero-order valence-corrected chi connectivity index (χ0v) is 11.4. The Balaban J connectivity index is 2.24. The lowest BCUT2D eigenvalue weighted by molar-refractivity contribution is -0.384. The van der Waals surface area contributed by atoms with Crippen molar-refractivity contribution in [3.8, 4) is 0 Å². The van der Waals surface area contributed by atoms with Gasteiger partial charge in [0.05, 0.1) is 17.1 Å². The van der Waals surface area contributed by atoms with Crippen molar-refractivity contribution in [3.05, 3.63) is 22.2 Å². The molecule has 0 aromatic carbocycles. The van der Waals surface area contributed by atoms with Gasteiger partial charge in [0.1, 0.15) is 11.6 Å². The van der Waals surface area contributed by atoms with E-state index < -0.39 is 0 Å². The van der Waals surface area contributed by atoms with Crippen molar-refractivity contribution in [1.29, 1.82) is 0 Å². The molecule has 0 aliphatic heterocycles. The summed E-state index contributed by atoms with van der Waals surface area (Å²) < 4.78 is 0. The minimum Gasteiger partial charge on any atom is -0.370 e. The molecule has 1 N–H and O–H groups in total. The molecule has 1 aliphatic rings. The summed E-state index contributed by atoms with van der Waals surface area (Å²) in [5.41, 5.74) is 0.0924. The van der Waals surface area contributed by atoms with Crippen LogP contribution < -0.4 is 10.2 Å². The van der Waals surface area contributed by atoms with Gasteiger partial charge in [-0.05, 0) is 25.7 Å². The summed E-state index contributed by atoms with van der Waals surface area (Å²) in [7, 11) is 1.96. The summed E-state index contributed by atoms with van der Waals surface area (Å²) in [5, 5.41) is 14.1. The van der Waals surface area contributed by atoms with Gasteiger partial charge >= 0.3 is 0 Å². The molecule has 0 atom stereocenters. The van der Waals surface area contributed by atoms with E-state index in [0.717, 1.165) is 25.8 Å². The Labute approximate surface area is 113 Å². The van der Waals surface area contributed by atoms with Gasteiger partial charge in [0, 0.05) is 19.6 Å². The molecule has 1 fully saturated rings. The minimum absolute atomic E-state index is 0.0924. The Bertz CT molecular complexity index is 460. The van der Waals surface area contributed by atoms with Gasteiger partial charge in [0.25, 0.3) is 5.69 Å². The van der Waals surface area contributed by atoms with E-state index in [9.17, 15) is 10.1 Å². The molecule has 6 heteroatoms. The third-order valence-corrected chi connectivity index (χ3v) is 3.55. The Kier molecular flexibility index (Phi) is 4.19.